The van der Waals surface area contributed by atoms with Gasteiger partial charge in [0.05, 0.1) is 18.0 Å². The van der Waals surface area contributed by atoms with Gasteiger partial charge in [0.25, 0.3) is 5.56 Å². The molecule has 0 aliphatic heterocycles. The quantitative estimate of drug-likeness (QED) is 0.465. The Labute approximate surface area is 182 Å². The number of aryl methyl sites for hydroxylation is 1. The molecular formula is C22H22N8O2. The first kappa shape index (κ1) is 19.9. The maximum atomic E-state index is 12.3. The highest BCUT2D eigenvalue weighted by Crippen LogP contribution is 2.38. The van der Waals surface area contributed by atoms with E-state index < -0.39 is 0 Å². The van der Waals surface area contributed by atoms with Gasteiger partial charge in [-0.3, -0.25) is 14.5 Å². The highest BCUT2D eigenvalue weighted by atomic mass is 16.5. The van der Waals surface area contributed by atoms with Crippen LogP contribution in [0.25, 0.3) is 27.6 Å². The minimum absolute atomic E-state index is 0.166. The predicted molar refractivity (Wildman–Crippen MR) is 119 cm³/mol. The monoisotopic (exact) mass is 430 g/mol. The number of rotatable bonds is 4. The van der Waals surface area contributed by atoms with E-state index in [4.69, 9.17) is 4.52 Å². The van der Waals surface area contributed by atoms with E-state index in [0.717, 1.165) is 35.1 Å². The van der Waals surface area contributed by atoms with E-state index in [2.05, 4.69) is 43.0 Å². The molecule has 1 aromatic carbocycles. The standard InChI is InChI=1S/C12H12N6O2.C10H10N2/c1-17-5-13-11-9(17)12(19)18(6-14-11)4-8-15-10(16-20-8)7-2-3-7;1-7(2)8-3-4-10-9(5-8)6-11-12-10/h5-7H,2-4H2,1H3;3-6H,1H2,2H3,(H,11,12). The predicted octanol–water partition coefficient (Wildman–Crippen LogP) is 3.03. The molecule has 5 aromatic rings. The molecular weight excluding hydrogens is 408 g/mol. The van der Waals surface area contributed by atoms with Crippen molar-refractivity contribution in [3.05, 3.63) is 71.3 Å². The van der Waals surface area contributed by atoms with Crippen molar-refractivity contribution in [2.75, 3.05) is 0 Å². The van der Waals surface area contributed by atoms with Crippen LogP contribution in [0.1, 0.15) is 43.0 Å². The van der Waals surface area contributed by atoms with E-state index in [0.29, 0.717) is 23.0 Å². The third-order valence-electron chi connectivity index (χ3n) is 5.37. The van der Waals surface area contributed by atoms with Crippen LogP contribution in [0, 0.1) is 0 Å². The van der Waals surface area contributed by atoms with Gasteiger partial charge in [-0.2, -0.15) is 10.1 Å². The molecule has 162 valence electrons. The van der Waals surface area contributed by atoms with Gasteiger partial charge in [-0.1, -0.05) is 23.4 Å². The van der Waals surface area contributed by atoms with Crippen LogP contribution in [0.2, 0.25) is 0 Å². The Morgan fingerprint density at radius 3 is 2.88 bits per heavy atom. The molecule has 0 unspecified atom stereocenters. The molecule has 10 heteroatoms. The van der Waals surface area contributed by atoms with Crippen LogP contribution in [0.4, 0.5) is 0 Å². The number of imidazole rings is 1. The summed E-state index contributed by atoms with van der Waals surface area (Å²) in [6.07, 6.45) is 7.07. The van der Waals surface area contributed by atoms with Gasteiger partial charge in [0, 0.05) is 18.4 Å². The number of hydrogen-bond donors (Lipinski definition) is 1. The summed E-state index contributed by atoms with van der Waals surface area (Å²) in [5, 5.41) is 11.9. The highest BCUT2D eigenvalue weighted by molar-refractivity contribution is 5.82. The number of nitrogens with one attached hydrogen (secondary N) is 1. The Morgan fingerprint density at radius 1 is 1.28 bits per heavy atom. The van der Waals surface area contributed by atoms with Crippen molar-refractivity contribution in [1.82, 2.24) is 39.4 Å². The fraction of sp³-hybridized carbons (Fsp3) is 0.273. The smallest absolute Gasteiger partial charge is 0.280 e. The number of allylic oxidation sites excluding steroid dienone is 1. The van der Waals surface area contributed by atoms with Crippen LogP contribution in [-0.2, 0) is 13.6 Å². The number of aromatic amines is 1. The summed E-state index contributed by atoms with van der Waals surface area (Å²) >= 11 is 0. The maximum absolute atomic E-state index is 12.3. The summed E-state index contributed by atoms with van der Waals surface area (Å²) in [5.74, 6) is 1.60. The first-order chi connectivity index (χ1) is 15.5. The SMILES string of the molecule is C=C(C)c1ccc2[nH]ncc2c1.Cn1cnc2ncn(Cc3nc(C4CC4)no3)c(=O)c21. The maximum Gasteiger partial charge on any atom is 0.280 e. The minimum Gasteiger partial charge on any atom is -0.337 e. The topological polar surface area (TPSA) is 120 Å². The molecule has 0 radical (unpaired) electrons. The molecule has 1 fully saturated rings. The normalized spacial score (nSPS) is 13.3. The average molecular weight is 430 g/mol. The fourth-order valence-corrected chi connectivity index (χ4v) is 3.38. The molecule has 1 N–H and O–H groups in total. The molecule has 0 saturated heterocycles. The Kier molecular flexibility index (Phi) is 4.89. The molecule has 0 amide bonds. The van der Waals surface area contributed by atoms with E-state index in [9.17, 15) is 4.79 Å². The largest absolute Gasteiger partial charge is 0.337 e. The Bertz CT molecular complexity index is 1480. The van der Waals surface area contributed by atoms with Crippen LogP contribution >= 0.6 is 0 Å². The van der Waals surface area contributed by atoms with Crippen LogP contribution in [0.3, 0.4) is 0 Å². The van der Waals surface area contributed by atoms with Gasteiger partial charge in [0.1, 0.15) is 12.9 Å². The van der Waals surface area contributed by atoms with Gasteiger partial charge in [-0.05, 0) is 37.5 Å². The van der Waals surface area contributed by atoms with E-state index in [1.807, 2.05) is 25.3 Å². The lowest BCUT2D eigenvalue weighted by atomic mass is 10.1. The third-order valence-corrected chi connectivity index (χ3v) is 5.37. The lowest BCUT2D eigenvalue weighted by Crippen LogP contribution is -2.22. The molecule has 10 nitrogen and oxygen atoms in total. The van der Waals surface area contributed by atoms with Crippen molar-refractivity contribution < 1.29 is 4.52 Å². The summed E-state index contributed by atoms with van der Waals surface area (Å²) in [5.41, 5.74) is 4.07. The number of fused-ring (bicyclic) bond motifs is 2. The van der Waals surface area contributed by atoms with Gasteiger partial charge in [0.15, 0.2) is 17.0 Å². The number of H-pyrrole nitrogens is 1. The lowest BCUT2D eigenvalue weighted by Gasteiger charge is -2.01. The summed E-state index contributed by atoms with van der Waals surface area (Å²) in [7, 11) is 1.76. The summed E-state index contributed by atoms with van der Waals surface area (Å²) in [4.78, 5) is 24.9. The molecule has 0 bridgehead atoms. The molecule has 1 aliphatic carbocycles. The molecule has 6 rings (SSSR count). The second-order valence-electron chi connectivity index (χ2n) is 7.98. The molecule has 1 aliphatic rings. The van der Waals surface area contributed by atoms with Crippen molar-refractivity contribution in [3.8, 4) is 0 Å². The molecule has 4 aromatic heterocycles. The Hall–Kier alpha value is -4.08. The van der Waals surface area contributed by atoms with Crippen LogP contribution in [-0.4, -0.2) is 39.4 Å². The van der Waals surface area contributed by atoms with Gasteiger partial charge in [-0.15, -0.1) is 0 Å². The van der Waals surface area contributed by atoms with E-state index >= 15 is 0 Å². The molecule has 0 spiro atoms. The lowest BCUT2D eigenvalue weighted by molar-refractivity contribution is 0.364. The fourth-order valence-electron chi connectivity index (χ4n) is 3.38. The van der Waals surface area contributed by atoms with Gasteiger partial charge in [0.2, 0.25) is 5.89 Å². The number of benzene rings is 1. The minimum atomic E-state index is -0.166. The van der Waals surface area contributed by atoms with Crippen LogP contribution in [0.5, 0.6) is 0 Å². The van der Waals surface area contributed by atoms with E-state index in [-0.39, 0.29) is 12.1 Å². The summed E-state index contributed by atoms with van der Waals surface area (Å²) in [6, 6.07) is 6.15. The second-order valence-corrected chi connectivity index (χ2v) is 7.98. The Balaban J connectivity index is 0.000000154. The van der Waals surface area contributed by atoms with Crippen molar-refractivity contribution >= 4 is 27.6 Å². The zero-order chi connectivity index (χ0) is 22.2. The highest BCUT2D eigenvalue weighted by Gasteiger charge is 2.28. The van der Waals surface area contributed by atoms with Crippen molar-refractivity contribution in [2.24, 2.45) is 7.05 Å². The number of nitrogens with zero attached hydrogens (tertiary/aromatic N) is 7. The second kappa shape index (κ2) is 7.88. The first-order valence-corrected chi connectivity index (χ1v) is 10.3. The van der Waals surface area contributed by atoms with Crippen LogP contribution < -0.4 is 5.56 Å². The zero-order valence-electron chi connectivity index (χ0n) is 17.8. The zero-order valence-corrected chi connectivity index (χ0v) is 17.8. The summed E-state index contributed by atoms with van der Waals surface area (Å²) in [6.45, 7) is 6.12. The molecule has 0 atom stereocenters. The van der Waals surface area contributed by atoms with Crippen molar-refractivity contribution in [2.45, 2.75) is 32.2 Å². The van der Waals surface area contributed by atoms with Gasteiger partial charge < -0.3 is 9.09 Å². The number of aromatic nitrogens is 8. The number of hydrogen-bond acceptors (Lipinski definition) is 7. The third kappa shape index (κ3) is 3.82. The van der Waals surface area contributed by atoms with Gasteiger partial charge >= 0.3 is 0 Å². The first-order valence-electron chi connectivity index (χ1n) is 10.3. The van der Waals surface area contributed by atoms with Gasteiger partial charge in [-0.25, -0.2) is 9.97 Å². The Morgan fingerprint density at radius 2 is 2.09 bits per heavy atom. The van der Waals surface area contributed by atoms with E-state index in [1.54, 1.807) is 17.9 Å². The van der Waals surface area contributed by atoms with Crippen LogP contribution in [0.15, 0.2) is 52.9 Å². The molecule has 1 saturated carbocycles. The average Bonchev–Trinajstić information content (AvgIpc) is 3.18. The van der Waals surface area contributed by atoms with Crippen molar-refractivity contribution in [1.29, 1.82) is 0 Å². The van der Waals surface area contributed by atoms with E-state index in [1.165, 1.54) is 16.5 Å². The summed E-state index contributed by atoms with van der Waals surface area (Å²) < 4.78 is 8.29. The molecule has 32 heavy (non-hydrogen) atoms. The van der Waals surface area contributed by atoms with Crippen molar-refractivity contribution in [3.63, 3.8) is 0 Å². The molecule has 4 heterocycles.